The van der Waals surface area contributed by atoms with E-state index in [1.165, 1.54) is 0 Å². The molecule has 0 bridgehead atoms. The highest BCUT2D eigenvalue weighted by atomic mass is 31.2. The van der Waals surface area contributed by atoms with Crippen LogP contribution in [-0.4, -0.2) is 6.61 Å². The van der Waals surface area contributed by atoms with Crippen LogP contribution < -0.4 is 9.75 Å². The molecule has 0 fully saturated rings. The van der Waals surface area contributed by atoms with Gasteiger partial charge in [0.15, 0.2) is 0 Å². The van der Waals surface area contributed by atoms with E-state index in [-0.39, 0.29) is 6.61 Å². The monoisotopic (exact) mass is 170 g/mol. The summed E-state index contributed by atoms with van der Waals surface area (Å²) in [6.45, 7) is 1.85. The van der Waals surface area contributed by atoms with E-state index < -0.39 is 16.4 Å². The van der Waals surface area contributed by atoms with Gasteiger partial charge < -0.3 is 4.89 Å². The molecule has 0 aromatic rings. The van der Waals surface area contributed by atoms with E-state index in [9.17, 15) is 14.0 Å². The lowest BCUT2D eigenvalue weighted by molar-refractivity contribution is -0.165. The first-order chi connectivity index (χ1) is 4.16. The molecule has 0 aliphatic rings. The SMILES string of the molecule is CCO[P+](=O)N[P+](=O)[O-]. The predicted molar refractivity (Wildman–Crippen MR) is 30.0 cm³/mol. The van der Waals surface area contributed by atoms with Gasteiger partial charge in [-0.3, -0.25) is 0 Å². The highest BCUT2D eigenvalue weighted by Gasteiger charge is 2.24. The summed E-state index contributed by atoms with van der Waals surface area (Å²) in [5.74, 6) is 0. The van der Waals surface area contributed by atoms with Crippen molar-refractivity contribution in [1.29, 1.82) is 0 Å². The largest absolute Gasteiger partial charge is 0.657 e. The number of nitrogens with one attached hydrogen (secondary N) is 1. The first-order valence-corrected chi connectivity index (χ1v) is 4.53. The van der Waals surface area contributed by atoms with Crippen molar-refractivity contribution < 1.29 is 18.5 Å². The van der Waals surface area contributed by atoms with E-state index >= 15 is 0 Å². The molecule has 7 heteroatoms. The van der Waals surface area contributed by atoms with E-state index in [0.717, 1.165) is 0 Å². The van der Waals surface area contributed by atoms with Crippen LogP contribution in [0, 0.1) is 0 Å². The zero-order valence-corrected chi connectivity index (χ0v) is 6.52. The first kappa shape index (κ1) is 9.08. The topological polar surface area (TPSA) is 78.5 Å². The van der Waals surface area contributed by atoms with Gasteiger partial charge >= 0.3 is 16.4 Å². The van der Waals surface area contributed by atoms with Gasteiger partial charge in [-0.25, -0.2) is 0 Å². The van der Waals surface area contributed by atoms with Crippen molar-refractivity contribution >= 4 is 16.4 Å². The molecule has 2 atom stereocenters. The molecule has 0 aromatic carbocycles. The van der Waals surface area contributed by atoms with E-state index in [0.29, 0.717) is 0 Å². The van der Waals surface area contributed by atoms with Crippen molar-refractivity contribution in [2.75, 3.05) is 6.61 Å². The Balaban J connectivity index is 3.39. The van der Waals surface area contributed by atoms with Crippen molar-refractivity contribution in [3.05, 3.63) is 0 Å². The molecule has 0 aliphatic heterocycles. The third-order valence-electron chi connectivity index (χ3n) is 0.410. The van der Waals surface area contributed by atoms with Crippen LogP contribution in [0.15, 0.2) is 0 Å². The molecule has 0 amide bonds. The van der Waals surface area contributed by atoms with Crippen LogP contribution in [0.1, 0.15) is 6.92 Å². The molecule has 0 aromatic heterocycles. The van der Waals surface area contributed by atoms with E-state index in [1.54, 1.807) is 11.8 Å². The van der Waals surface area contributed by atoms with Crippen LogP contribution in [0.4, 0.5) is 0 Å². The van der Waals surface area contributed by atoms with Crippen LogP contribution in [0.3, 0.4) is 0 Å². The van der Waals surface area contributed by atoms with Crippen LogP contribution in [0.25, 0.3) is 0 Å². The van der Waals surface area contributed by atoms with E-state index in [4.69, 9.17) is 0 Å². The Kier molecular flexibility index (Phi) is 4.96. The summed E-state index contributed by atoms with van der Waals surface area (Å²) in [4.78, 5) is 11.4. The quantitative estimate of drug-likeness (QED) is 0.613. The van der Waals surface area contributed by atoms with Gasteiger partial charge in [-0.05, 0) is 16.1 Å². The number of rotatable bonds is 4. The Bertz CT molecular complexity index is 126. The zero-order valence-electron chi connectivity index (χ0n) is 4.73. The predicted octanol–water partition coefficient (Wildman–Crippen LogP) is 0.288. The molecule has 0 radical (unpaired) electrons. The van der Waals surface area contributed by atoms with E-state index in [1.807, 2.05) is 0 Å². The Morgan fingerprint density at radius 2 is 2.22 bits per heavy atom. The highest BCUT2D eigenvalue weighted by Crippen LogP contribution is 2.22. The van der Waals surface area contributed by atoms with Crippen molar-refractivity contribution in [2.24, 2.45) is 0 Å². The average Bonchev–Trinajstić information content (AvgIpc) is 1.63. The summed E-state index contributed by atoms with van der Waals surface area (Å²) in [5, 5.41) is 0. The lowest BCUT2D eigenvalue weighted by atomic mass is 10.9. The van der Waals surface area contributed by atoms with E-state index in [2.05, 4.69) is 4.52 Å². The van der Waals surface area contributed by atoms with Gasteiger partial charge in [0.05, 0.1) is 0 Å². The summed E-state index contributed by atoms with van der Waals surface area (Å²) in [5.41, 5.74) is 0. The second kappa shape index (κ2) is 4.91. The van der Waals surface area contributed by atoms with Gasteiger partial charge in [0.2, 0.25) is 0 Å². The molecule has 0 saturated heterocycles. The Labute approximate surface area is 54.3 Å². The van der Waals surface area contributed by atoms with Crippen LogP contribution >= 0.6 is 16.4 Å². The third-order valence-corrected chi connectivity index (χ3v) is 2.21. The van der Waals surface area contributed by atoms with Gasteiger partial charge in [-0.1, -0.05) is 0 Å². The molecule has 0 rings (SSSR count). The fraction of sp³-hybridized carbons (Fsp3) is 1.00. The second-order valence-corrected chi connectivity index (χ2v) is 3.12. The smallest absolute Gasteiger partial charge is 0.575 e. The van der Waals surface area contributed by atoms with Gasteiger partial charge in [-0.2, -0.15) is 0 Å². The molecule has 0 saturated carbocycles. The molecule has 5 nitrogen and oxygen atoms in total. The Morgan fingerprint density at radius 1 is 1.67 bits per heavy atom. The van der Waals surface area contributed by atoms with Gasteiger partial charge in [-0.15, -0.1) is 4.52 Å². The molecular formula is C2H6NO4P2+. The van der Waals surface area contributed by atoms with Gasteiger partial charge in [0.25, 0.3) is 0 Å². The lowest BCUT2D eigenvalue weighted by Crippen LogP contribution is -2.00. The lowest BCUT2D eigenvalue weighted by Gasteiger charge is -1.77. The highest BCUT2D eigenvalue weighted by molar-refractivity contribution is 7.52. The number of hydrogen-bond donors (Lipinski definition) is 1. The first-order valence-electron chi connectivity index (χ1n) is 2.17. The summed E-state index contributed by atoms with van der Waals surface area (Å²) in [6, 6.07) is 0. The van der Waals surface area contributed by atoms with Crippen LogP contribution in [0.5, 0.6) is 0 Å². The Hall–Kier alpha value is 0.0800. The van der Waals surface area contributed by atoms with Crippen molar-refractivity contribution in [2.45, 2.75) is 6.92 Å². The summed E-state index contributed by atoms with van der Waals surface area (Å²) in [6.07, 6.45) is 0. The maximum absolute atomic E-state index is 10.3. The van der Waals surface area contributed by atoms with Crippen LogP contribution in [-0.2, 0) is 13.7 Å². The maximum Gasteiger partial charge on any atom is 0.657 e. The minimum Gasteiger partial charge on any atom is -0.575 e. The van der Waals surface area contributed by atoms with Crippen LogP contribution in [0.2, 0.25) is 0 Å². The second-order valence-electron chi connectivity index (χ2n) is 1.03. The number of hydrogen-bond acceptors (Lipinski definition) is 4. The fourth-order valence-electron chi connectivity index (χ4n) is 0.213. The molecule has 1 N–H and O–H groups in total. The molecule has 9 heavy (non-hydrogen) atoms. The molecule has 0 aliphatic carbocycles. The minimum atomic E-state index is -2.81. The summed E-state index contributed by atoms with van der Waals surface area (Å²) >= 11 is 0. The maximum atomic E-state index is 10.3. The van der Waals surface area contributed by atoms with Gasteiger partial charge in [0, 0.05) is 0 Å². The molecule has 2 unspecified atom stereocenters. The summed E-state index contributed by atoms with van der Waals surface area (Å²) in [7, 11) is -5.03. The van der Waals surface area contributed by atoms with Crippen molar-refractivity contribution in [3.63, 3.8) is 0 Å². The third kappa shape index (κ3) is 5.96. The standard InChI is InChI=1S/C2H6NO4P2/c1-2-7-9(6)3-8(4)5/h2H2,1H3,(H,3,4,5,6)/q+1. The van der Waals surface area contributed by atoms with Crippen molar-refractivity contribution in [1.82, 2.24) is 4.86 Å². The molecule has 0 spiro atoms. The average molecular weight is 170 g/mol. The summed E-state index contributed by atoms with van der Waals surface area (Å²) < 4.78 is 24.4. The fourth-order valence-corrected chi connectivity index (χ4v) is 1.21. The normalized spacial score (nSPS) is 13.1. The Morgan fingerprint density at radius 3 is 2.56 bits per heavy atom. The molecular weight excluding hydrogens is 164 g/mol. The molecule has 52 valence electrons. The minimum absolute atomic E-state index is 0.228. The zero-order chi connectivity index (χ0) is 7.28. The van der Waals surface area contributed by atoms with Gasteiger partial charge in [0.1, 0.15) is 11.5 Å². The van der Waals surface area contributed by atoms with Crippen molar-refractivity contribution in [3.8, 4) is 0 Å². The molecule has 0 heterocycles.